The summed E-state index contributed by atoms with van der Waals surface area (Å²) in [5.41, 5.74) is 0.0609. The predicted molar refractivity (Wildman–Crippen MR) is 80.3 cm³/mol. The molecule has 0 saturated carbocycles. The fraction of sp³-hybridized carbons (Fsp3) is 0.438. The Morgan fingerprint density at radius 3 is 2.23 bits per heavy atom. The van der Waals surface area contributed by atoms with Crippen LogP contribution in [-0.2, 0) is 11.0 Å². The third-order valence-electron chi connectivity index (χ3n) is 3.53. The van der Waals surface area contributed by atoms with E-state index in [9.17, 15) is 18.0 Å². The molecule has 1 atom stereocenters. The van der Waals surface area contributed by atoms with E-state index in [1.165, 1.54) is 18.2 Å². The van der Waals surface area contributed by atoms with Crippen LogP contribution in [0.5, 0.6) is 0 Å². The largest absolute Gasteiger partial charge is 0.416 e. The molecule has 122 valence electrons. The van der Waals surface area contributed by atoms with Gasteiger partial charge in [0.2, 0.25) is 5.91 Å². The van der Waals surface area contributed by atoms with Crippen LogP contribution in [0.3, 0.4) is 0 Å². The van der Waals surface area contributed by atoms with E-state index in [0.717, 1.165) is 30.8 Å². The van der Waals surface area contributed by atoms with Gasteiger partial charge in [-0.25, -0.2) is 0 Å². The van der Waals surface area contributed by atoms with E-state index in [1.54, 1.807) is 0 Å². The van der Waals surface area contributed by atoms with Crippen molar-refractivity contribution in [1.82, 2.24) is 10.2 Å². The third kappa shape index (κ3) is 4.87. The molecule has 22 heavy (non-hydrogen) atoms. The Morgan fingerprint density at radius 2 is 1.82 bits per heavy atom. The maximum absolute atomic E-state index is 12.6. The highest BCUT2D eigenvalue weighted by Gasteiger charge is 2.30. The number of nitrogens with one attached hydrogen (secondary N) is 1. The zero-order chi connectivity index (χ0) is 16.8. The Hall–Kier alpha value is -1.82. The van der Waals surface area contributed by atoms with Gasteiger partial charge in [0.05, 0.1) is 11.6 Å². The number of nitrogens with zero attached hydrogens (tertiary/aromatic N) is 1. The van der Waals surface area contributed by atoms with Gasteiger partial charge >= 0.3 is 6.18 Å². The number of hydrogen-bond acceptors (Lipinski definition) is 2. The van der Waals surface area contributed by atoms with Gasteiger partial charge in [0.25, 0.3) is 0 Å². The number of benzene rings is 1. The van der Waals surface area contributed by atoms with Gasteiger partial charge in [0, 0.05) is 6.54 Å². The van der Waals surface area contributed by atoms with Crippen molar-refractivity contribution < 1.29 is 18.0 Å². The molecule has 0 bridgehead atoms. The SMILES string of the molecule is C=CC(=O)NC[C@H](c1ccc(C(F)(F)F)cc1)N(CC)CC. The van der Waals surface area contributed by atoms with Crippen LogP contribution in [0.1, 0.15) is 31.0 Å². The Labute approximate surface area is 128 Å². The summed E-state index contributed by atoms with van der Waals surface area (Å²) in [7, 11) is 0. The van der Waals surface area contributed by atoms with E-state index < -0.39 is 11.7 Å². The van der Waals surface area contributed by atoms with Gasteiger partial charge in [0.1, 0.15) is 0 Å². The van der Waals surface area contributed by atoms with Crippen molar-refractivity contribution in [2.75, 3.05) is 19.6 Å². The summed E-state index contributed by atoms with van der Waals surface area (Å²) in [4.78, 5) is 13.4. The van der Waals surface area contributed by atoms with Crippen molar-refractivity contribution in [2.45, 2.75) is 26.1 Å². The van der Waals surface area contributed by atoms with Crippen LogP contribution in [0, 0.1) is 0 Å². The predicted octanol–water partition coefficient (Wildman–Crippen LogP) is 3.39. The zero-order valence-corrected chi connectivity index (χ0v) is 12.8. The van der Waals surface area contributed by atoms with E-state index >= 15 is 0 Å². The van der Waals surface area contributed by atoms with Gasteiger partial charge in [-0.1, -0.05) is 32.6 Å². The van der Waals surface area contributed by atoms with Crippen molar-refractivity contribution in [3.05, 3.63) is 48.0 Å². The molecule has 0 spiro atoms. The smallest absolute Gasteiger partial charge is 0.351 e. The van der Waals surface area contributed by atoms with E-state index in [4.69, 9.17) is 0 Å². The molecule has 1 amide bonds. The molecule has 0 aromatic heterocycles. The fourth-order valence-corrected chi connectivity index (χ4v) is 2.29. The second-order valence-corrected chi connectivity index (χ2v) is 4.81. The number of rotatable bonds is 7. The van der Waals surface area contributed by atoms with Crippen LogP contribution in [0.4, 0.5) is 13.2 Å². The molecule has 0 radical (unpaired) electrons. The number of likely N-dealkylation sites (N-methyl/N-ethyl adjacent to an activating group) is 1. The normalized spacial score (nSPS) is 13.0. The minimum Gasteiger partial charge on any atom is -0.351 e. The molecule has 1 aromatic carbocycles. The molecule has 1 N–H and O–H groups in total. The molecule has 1 rings (SSSR count). The Balaban J connectivity index is 2.99. The maximum atomic E-state index is 12.6. The molecule has 0 unspecified atom stereocenters. The Morgan fingerprint density at radius 1 is 1.27 bits per heavy atom. The molecule has 0 aliphatic carbocycles. The second kappa shape index (κ2) is 7.98. The van der Waals surface area contributed by atoms with Crippen LogP contribution in [0.15, 0.2) is 36.9 Å². The van der Waals surface area contributed by atoms with Gasteiger partial charge in [0.15, 0.2) is 0 Å². The minimum absolute atomic E-state index is 0.179. The fourth-order valence-electron chi connectivity index (χ4n) is 2.29. The van der Waals surface area contributed by atoms with Crippen molar-refractivity contribution in [3.63, 3.8) is 0 Å². The molecule has 1 aromatic rings. The van der Waals surface area contributed by atoms with Crippen LogP contribution in [-0.4, -0.2) is 30.4 Å². The number of hydrogen-bond donors (Lipinski definition) is 1. The molecular weight excluding hydrogens is 293 g/mol. The number of carbonyl (C=O) groups is 1. The summed E-state index contributed by atoms with van der Waals surface area (Å²) in [6, 6.07) is 4.89. The zero-order valence-electron chi connectivity index (χ0n) is 12.8. The van der Waals surface area contributed by atoms with Gasteiger partial charge in [-0.15, -0.1) is 0 Å². The van der Waals surface area contributed by atoms with Crippen molar-refractivity contribution >= 4 is 5.91 Å². The van der Waals surface area contributed by atoms with Gasteiger partial charge in [-0.3, -0.25) is 9.69 Å². The molecule has 0 heterocycles. The van der Waals surface area contributed by atoms with Crippen LogP contribution >= 0.6 is 0 Å². The van der Waals surface area contributed by atoms with Crippen molar-refractivity contribution in [1.29, 1.82) is 0 Å². The van der Waals surface area contributed by atoms with E-state index in [1.807, 2.05) is 13.8 Å². The molecule has 6 heteroatoms. The maximum Gasteiger partial charge on any atom is 0.416 e. The first kappa shape index (κ1) is 18.2. The van der Waals surface area contributed by atoms with Crippen molar-refractivity contribution in [3.8, 4) is 0 Å². The first-order valence-corrected chi connectivity index (χ1v) is 7.14. The molecule has 0 aliphatic heterocycles. The number of amides is 1. The highest BCUT2D eigenvalue weighted by molar-refractivity contribution is 5.86. The first-order valence-electron chi connectivity index (χ1n) is 7.14. The minimum atomic E-state index is -4.35. The number of alkyl halides is 3. The first-order chi connectivity index (χ1) is 10.3. The van der Waals surface area contributed by atoms with Crippen LogP contribution in [0.2, 0.25) is 0 Å². The standard InChI is InChI=1S/C16H21F3N2O/c1-4-15(22)20-11-14(21(5-2)6-3)12-7-9-13(10-8-12)16(17,18)19/h4,7-10,14H,1,5-6,11H2,2-3H3,(H,20,22)/t14-/m1/s1. The van der Waals surface area contributed by atoms with Gasteiger partial charge < -0.3 is 5.32 Å². The summed E-state index contributed by atoms with van der Waals surface area (Å²) in [5, 5.41) is 2.70. The lowest BCUT2D eigenvalue weighted by atomic mass is 10.0. The average molecular weight is 314 g/mol. The lowest BCUT2D eigenvalue weighted by Gasteiger charge is -2.30. The van der Waals surface area contributed by atoms with Crippen LogP contribution in [0.25, 0.3) is 0 Å². The highest BCUT2D eigenvalue weighted by Crippen LogP contribution is 2.30. The van der Waals surface area contributed by atoms with Crippen LogP contribution < -0.4 is 5.32 Å². The molecule has 0 saturated heterocycles. The molecule has 0 aliphatic rings. The summed E-state index contributed by atoms with van der Waals surface area (Å²) < 4.78 is 37.9. The summed E-state index contributed by atoms with van der Waals surface area (Å²) in [6.45, 7) is 9.09. The van der Waals surface area contributed by atoms with Gasteiger partial charge in [-0.05, 0) is 36.9 Å². The van der Waals surface area contributed by atoms with E-state index in [0.29, 0.717) is 6.54 Å². The van der Waals surface area contributed by atoms with E-state index in [2.05, 4.69) is 16.8 Å². The molecule has 3 nitrogen and oxygen atoms in total. The molecular formula is C16H21F3N2O. The van der Waals surface area contributed by atoms with Gasteiger partial charge in [-0.2, -0.15) is 13.2 Å². The Kier molecular flexibility index (Phi) is 6.61. The lowest BCUT2D eigenvalue weighted by Crippen LogP contribution is -2.37. The van der Waals surface area contributed by atoms with E-state index in [-0.39, 0.29) is 11.9 Å². The summed E-state index contributed by atoms with van der Waals surface area (Å²) in [5.74, 6) is -0.302. The number of halogens is 3. The monoisotopic (exact) mass is 314 g/mol. The van der Waals surface area contributed by atoms with Crippen molar-refractivity contribution in [2.24, 2.45) is 0 Å². The quantitative estimate of drug-likeness (QED) is 0.783. The average Bonchev–Trinajstić information content (AvgIpc) is 2.50. The Bertz CT molecular complexity index is 493. The highest BCUT2D eigenvalue weighted by atomic mass is 19.4. The second-order valence-electron chi connectivity index (χ2n) is 4.81. The summed E-state index contributed by atoms with van der Waals surface area (Å²) in [6.07, 6.45) is -3.17. The third-order valence-corrected chi connectivity index (χ3v) is 3.53. The lowest BCUT2D eigenvalue weighted by molar-refractivity contribution is -0.137. The molecule has 0 fully saturated rings. The number of carbonyl (C=O) groups excluding carboxylic acids is 1. The topological polar surface area (TPSA) is 32.3 Å². The summed E-state index contributed by atoms with van der Waals surface area (Å²) >= 11 is 0.